The van der Waals surface area contributed by atoms with Crippen molar-refractivity contribution in [2.24, 2.45) is 23.5 Å². The van der Waals surface area contributed by atoms with Crippen molar-refractivity contribution < 1.29 is 0 Å². The molecule has 0 spiro atoms. The quantitative estimate of drug-likeness (QED) is 0.624. The molecule has 2 fully saturated rings. The lowest BCUT2D eigenvalue weighted by Gasteiger charge is -2.18. The van der Waals surface area contributed by atoms with Gasteiger partial charge in [0, 0.05) is 0 Å². The van der Waals surface area contributed by atoms with Crippen LogP contribution in [0.4, 0.5) is 0 Å². The molecule has 0 radical (unpaired) electrons. The summed E-state index contributed by atoms with van der Waals surface area (Å²) in [4.78, 5) is 0. The van der Waals surface area contributed by atoms with Crippen molar-refractivity contribution in [1.82, 2.24) is 0 Å². The first-order chi connectivity index (χ1) is 4.40. The van der Waals surface area contributed by atoms with Crippen LogP contribution in [0.5, 0.6) is 0 Å². The van der Waals surface area contributed by atoms with E-state index in [0.29, 0.717) is 0 Å². The number of halogens is 1. The minimum absolute atomic E-state index is 0. The highest BCUT2D eigenvalue weighted by atomic mass is 35.5. The fraction of sp³-hybridized carbons (Fsp3) is 1.00. The van der Waals surface area contributed by atoms with Gasteiger partial charge in [-0.25, -0.2) is 0 Å². The number of fused-ring (bicyclic) bond motifs is 2. The molecule has 0 amide bonds. The zero-order valence-electron chi connectivity index (χ0n) is 6.25. The third-order valence-corrected chi connectivity index (χ3v) is 3.19. The molecule has 10 heavy (non-hydrogen) atoms. The Balaban J connectivity index is 0.000000500. The van der Waals surface area contributed by atoms with Gasteiger partial charge in [-0.2, -0.15) is 0 Å². The molecule has 2 saturated carbocycles. The van der Waals surface area contributed by atoms with Gasteiger partial charge in [-0.1, -0.05) is 6.42 Å². The molecule has 2 heteroatoms. The van der Waals surface area contributed by atoms with Crippen LogP contribution in [-0.4, -0.2) is 6.54 Å². The van der Waals surface area contributed by atoms with Crippen LogP contribution in [-0.2, 0) is 0 Å². The SMILES string of the molecule is Cl.NCC1C[C@H]2CCC1C2. The van der Waals surface area contributed by atoms with Crippen LogP contribution in [0.25, 0.3) is 0 Å². The highest BCUT2D eigenvalue weighted by molar-refractivity contribution is 5.85. The van der Waals surface area contributed by atoms with Gasteiger partial charge in [-0.15, -0.1) is 12.4 Å². The number of hydrogen-bond acceptors (Lipinski definition) is 1. The van der Waals surface area contributed by atoms with E-state index in [2.05, 4.69) is 0 Å². The van der Waals surface area contributed by atoms with E-state index in [1.54, 1.807) is 0 Å². The fourth-order valence-corrected chi connectivity index (χ4v) is 2.67. The summed E-state index contributed by atoms with van der Waals surface area (Å²) in [5, 5.41) is 0. The molecule has 0 saturated heterocycles. The molecule has 2 aliphatic carbocycles. The topological polar surface area (TPSA) is 26.0 Å². The van der Waals surface area contributed by atoms with Crippen LogP contribution in [0.1, 0.15) is 25.7 Å². The summed E-state index contributed by atoms with van der Waals surface area (Å²) in [6.07, 6.45) is 5.93. The smallest absolute Gasteiger partial charge is 0.00461 e. The molecule has 2 unspecified atom stereocenters. The summed E-state index contributed by atoms with van der Waals surface area (Å²) < 4.78 is 0. The van der Waals surface area contributed by atoms with Crippen LogP contribution in [0.3, 0.4) is 0 Å². The second kappa shape index (κ2) is 3.10. The van der Waals surface area contributed by atoms with Crippen LogP contribution in [0, 0.1) is 17.8 Å². The molecule has 2 N–H and O–H groups in total. The Hall–Kier alpha value is 0.250. The van der Waals surface area contributed by atoms with Gasteiger partial charge in [0.25, 0.3) is 0 Å². The van der Waals surface area contributed by atoms with Gasteiger partial charge < -0.3 is 5.73 Å². The van der Waals surface area contributed by atoms with Crippen molar-refractivity contribution in [3.63, 3.8) is 0 Å². The first kappa shape index (κ1) is 8.35. The molecule has 0 aromatic carbocycles. The Morgan fingerprint density at radius 3 is 2.30 bits per heavy atom. The first-order valence-electron chi connectivity index (χ1n) is 4.10. The molecule has 0 heterocycles. The minimum atomic E-state index is 0. The van der Waals surface area contributed by atoms with Gasteiger partial charge in [-0.3, -0.25) is 0 Å². The van der Waals surface area contributed by atoms with Gasteiger partial charge in [0.15, 0.2) is 0 Å². The molecule has 0 aromatic rings. The van der Waals surface area contributed by atoms with E-state index < -0.39 is 0 Å². The lowest BCUT2D eigenvalue weighted by atomic mass is 9.89. The fourth-order valence-electron chi connectivity index (χ4n) is 2.67. The molecular weight excluding hydrogens is 146 g/mol. The highest BCUT2D eigenvalue weighted by Crippen LogP contribution is 2.47. The Morgan fingerprint density at radius 2 is 2.00 bits per heavy atom. The van der Waals surface area contributed by atoms with Gasteiger partial charge in [0.2, 0.25) is 0 Å². The van der Waals surface area contributed by atoms with E-state index in [9.17, 15) is 0 Å². The van der Waals surface area contributed by atoms with Crippen LogP contribution >= 0.6 is 12.4 Å². The Bertz CT molecular complexity index is 116. The summed E-state index contributed by atoms with van der Waals surface area (Å²) in [5.41, 5.74) is 5.62. The van der Waals surface area contributed by atoms with E-state index in [4.69, 9.17) is 5.73 Å². The third kappa shape index (κ3) is 1.17. The average Bonchev–Trinajstić information content (AvgIpc) is 2.45. The Morgan fingerprint density at radius 1 is 1.20 bits per heavy atom. The van der Waals surface area contributed by atoms with E-state index >= 15 is 0 Å². The summed E-state index contributed by atoms with van der Waals surface area (Å²) in [6.45, 7) is 0.946. The third-order valence-electron chi connectivity index (χ3n) is 3.19. The lowest BCUT2D eigenvalue weighted by molar-refractivity contribution is 0.341. The zero-order valence-corrected chi connectivity index (χ0v) is 7.07. The summed E-state index contributed by atoms with van der Waals surface area (Å²) in [7, 11) is 0. The number of hydrogen-bond donors (Lipinski definition) is 1. The van der Waals surface area contributed by atoms with Crippen molar-refractivity contribution in [3.05, 3.63) is 0 Å². The summed E-state index contributed by atoms with van der Waals surface area (Å²) in [6, 6.07) is 0. The lowest BCUT2D eigenvalue weighted by Crippen LogP contribution is -2.19. The van der Waals surface area contributed by atoms with Crippen molar-refractivity contribution in [1.29, 1.82) is 0 Å². The second-order valence-electron chi connectivity index (χ2n) is 3.67. The van der Waals surface area contributed by atoms with E-state index in [-0.39, 0.29) is 12.4 Å². The maximum atomic E-state index is 5.62. The van der Waals surface area contributed by atoms with Crippen LogP contribution in [0.15, 0.2) is 0 Å². The molecule has 2 bridgehead atoms. The maximum Gasteiger partial charge on any atom is -0.00461 e. The van der Waals surface area contributed by atoms with Crippen molar-refractivity contribution in [2.75, 3.05) is 6.54 Å². The normalized spacial score (nSPS) is 43.5. The largest absolute Gasteiger partial charge is 0.330 e. The van der Waals surface area contributed by atoms with Crippen LogP contribution < -0.4 is 5.73 Å². The highest BCUT2D eigenvalue weighted by Gasteiger charge is 2.38. The first-order valence-corrected chi connectivity index (χ1v) is 4.10. The molecule has 3 atom stereocenters. The van der Waals surface area contributed by atoms with Crippen molar-refractivity contribution in [2.45, 2.75) is 25.7 Å². The number of nitrogens with two attached hydrogens (primary N) is 1. The predicted molar refractivity (Wildman–Crippen MR) is 45.2 cm³/mol. The summed E-state index contributed by atoms with van der Waals surface area (Å²) >= 11 is 0. The standard InChI is InChI=1S/C8H15N.ClH/c9-5-8-4-6-1-2-7(8)3-6;/h6-8H,1-5,9H2;1H/t6-,7?,8?;/m0./s1. The maximum absolute atomic E-state index is 5.62. The molecule has 60 valence electrons. The Labute approximate surface area is 68.8 Å². The monoisotopic (exact) mass is 161 g/mol. The van der Waals surface area contributed by atoms with Gasteiger partial charge in [-0.05, 0) is 43.6 Å². The van der Waals surface area contributed by atoms with E-state index in [0.717, 1.165) is 24.3 Å². The van der Waals surface area contributed by atoms with Crippen LogP contribution in [0.2, 0.25) is 0 Å². The average molecular weight is 162 g/mol. The number of rotatable bonds is 1. The predicted octanol–water partition coefficient (Wildman–Crippen LogP) is 1.80. The minimum Gasteiger partial charge on any atom is -0.330 e. The van der Waals surface area contributed by atoms with E-state index in [1.165, 1.54) is 25.7 Å². The Kier molecular flexibility index (Phi) is 2.59. The van der Waals surface area contributed by atoms with E-state index in [1.807, 2.05) is 0 Å². The molecule has 0 aliphatic heterocycles. The molecule has 2 rings (SSSR count). The van der Waals surface area contributed by atoms with Gasteiger partial charge in [0.05, 0.1) is 0 Å². The molecular formula is C8H16ClN. The van der Waals surface area contributed by atoms with Crippen molar-refractivity contribution >= 4 is 12.4 Å². The molecule has 2 aliphatic rings. The van der Waals surface area contributed by atoms with Gasteiger partial charge >= 0.3 is 0 Å². The molecule has 1 nitrogen and oxygen atoms in total. The molecule has 0 aromatic heterocycles. The zero-order chi connectivity index (χ0) is 6.27. The van der Waals surface area contributed by atoms with Gasteiger partial charge in [0.1, 0.15) is 0 Å². The second-order valence-corrected chi connectivity index (χ2v) is 3.67. The van der Waals surface area contributed by atoms with Crippen molar-refractivity contribution in [3.8, 4) is 0 Å². The summed E-state index contributed by atoms with van der Waals surface area (Å²) in [5.74, 6) is 3.01.